The summed E-state index contributed by atoms with van der Waals surface area (Å²) in [6.07, 6.45) is 0. The van der Waals surface area contributed by atoms with Crippen molar-refractivity contribution in [1.29, 1.82) is 0 Å². The van der Waals surface area contributed by atoms with Gasteiger partial charge in [0.2, 0.25) is 5.96 Å². The van der Waals surface area contributed by atoms with Crippen molar-refractivity contribution >= 4 is 17.6 Å². The SMILES string of the molecule is Cc1nn(C)c(C)c1CN=C(NC(=O)c1ccc(C(C)(C)C)cc1)Nc1ccc2c(c1)OCCO2. The van der Waals surface area contributed by atoms with Gasteiger partial charge in [0.15, 0.2) is 11.5 Å². The van der Waals surface area contributed by atoms with E-state index >= 15 is 0 Å². The summed E-state index contributed by atoms with van der Waals surface area (Å²) in [7, 11) is 1.91. The van der Waals surface area contributed by atoms with Gasteiger partial charge in [-0.2, -0.15) is 5.10 Å². The van der Waals surface area contributed by atoms with Crippen molar-refractivity contribution < 1.29 is 14.3 Å². The second-order valence-electron chi connectivity index (χ2n) is 9.70. The number of ether oxygens (including phenoxy) is 2. The van der Waals surface area contributed by atoms with Gasteiger partial charge in [0.05, 0.1) is 12.2 Å². The number of nitrogens with one attached hydrogen (secondary N) is 2. The normalized spacial score (nSPS) is 13.5. The molecule has 0 atom stereocenters. The number of aryl methyl sites for hydroxylation is 2. The molecule has 8 heteroatoms. The number of carbonyl (C=O) groups is 1. The fourth-order valence-corrected chi connectivity index (χ4v) is 3.87. The molecule has 0 bridgehead atoms. The van der Waals surface area contributed by atoms with Crippen LogP contribution in [-0.4, -0.2) is 34.9 Å². The molecule has 1 aliphatic heterocycles. The van der Waals surface area contributed by atoms with E-state index in [1.807, 2.05) is 68.0 Å². The van der Waals surface area contributed by atoms with Crippen molar-refractivity contribution in [2.75, 3.05) is 18.5 Å². The lowest BCUT2D eigenvalue weighted by molar-refractivity contribution is 0.0977. The molecule has 1 aromatic heterocycles. The predicted molar refractivity (Wildman–Crippen MR) is 137 cm³/mol. The molecule has 1 amide bonds. The molecular formula is C27H33N5O3. The number of aromatic nitrogens is 2. The zero-order valence-electron chi connectivity index (χ0n) is 21.2. The molecule has 0 fully saturated rings. The molecule has 8 nitrogen and oxygen atoms in total. The molecule has 0 spiro atoms. The van der Waals surface area contributed by atoms with Crippen molar-refractivity contribution in [3.63, 3.8) is 0 Å². The van der Waals surface area contributed by atoms with E-state index in [-0.39, 0.29) is 11.3 Å². The number of amides is 1. The van der Waals surface area contributed by atoms with Crippen molar-refractivity contribution in [3.8, 4) is 11.5 Å². The molecule has 4 rings (SSSR count). The fraction of sp³-hybridized carbons (Fsp3) is 0.370. The van der Waals surface area contributed by atoms with E-state index in [0.29, 0.717) is 42.8 Å². The number of benzene rings is 2. The Balaban J connectivity index is 1.58. The van der Waals surface area contributed by atoms with Gasteiger partial charge in [-0.1, -0.05) is 32.9 Å². The highest BCUT2D eigenvalue weighted by Crippen LogP contribution is 2.32. The maximum Gasteiger partial charge on any atom is 0.257 e. The largest absolute Gasteiger partial charge is 0.486 e. The Labute approximate surface area is 206 Å². The van der Waals surface area contributed by atoms with Gasteiger partial charge in [-0.3, -0.25) is 14.8 Å². The Morgan fingerprint density at radius 2 is 1.74 bits per heavy atom. The first kappa shape index (κ1) is 24.3. The van der Waals surface area contributed by atoms with Crippen LogP contribution in [-0.2, 0) is 19.0 Å². The van der Waals surface area contributed by atoms with E-state index in [2.05, 4.69) is 36.5 Å². The lowest BCUT2D eigenvalue weighted by Gasteiger charge is -2.20. The number of fused-ring (bicyclic) bond motifs is 1. The van der Waals surface area contributed by atoms with Crippen LogP contribution in [0, 0.1) is 13.8 Å². The summed E-state index contributed by atoms with van der Waals surface area (Å²) >= 11 is 0. The summed E-state index contributed by atoms with van der Waals surface area (Å²) in [5.74, 6) is 1.46. The molecule has 0 saturated heterocycles. The predicted octanol–water partition coefficient (Wildman–Crippen LogP) is 4.50. The summed E-state index contributed by atoms with van der Waals surface area (Å²) in [4.78, 5) is 17.8. The van der Waals surface area contributed by atoms with E-state index < -0.39 is 0 Å². The Morgan fingerprint density at radius 3 is 2.37 bits per heavy atom. The number of anilines is 1. The number of hydrogen-bond acceptors (Lipinski definition) is 5. The van der Waals surface area contributed by atoms with E-state index in [4.69, 9.17) is 14.5 Å². The first-order chi connectivity index (χ1) is 16.6. The average molecular weight is 476 g/mol. The lowest BCUT2D eigenvalue weighted by atomic mass is 9.87. The average Bonchev–Trinajstić information content (AvgIpc) is 3.07. The third kappa shape index (κ3) is 5.65. The molecule has 0 aliphatic carbocycles. The fourth-order valence-electron chi connectivity index (χ4n) is 3.87. The topological polar surface area (TPSA) is 89.8 Å². The Morgan fingerprint density at radius 1 is 1.06 bits per heavy atom. The van der Waals surface area contributed by atoms with Crippen LogP contribution >= 0.6 is 0 Å². The van der Waals surface area contributed by atoms with Crippen molar-refractivity contribution in [2.45, 2.75) is 46.6 Å². The van der Waals surface area contributed by atoms with Crippen LogP contribution < -0.4 is 20.1 Å². The monoisotopic (exact) mass is 475 g/mol. The Kier molecular flexibility index (Phi) is 6.82. The molecule has 184 valence electrons. The number of aliphatic imine (C=N–C) groups is 1. The third-order valence-corrected chi connectivity index (χ3v) is 6.10. The highest BCUT2D eigenvalue weighted by atomic mass is 16.6. The Bertz CT molecular complexity index is 1250. The van der Waals surface area contributed by atoms with Gasteiger partial charge in [-0.05, 0) is 49.1 Å². The molecule has 2 aromatic carbocycles. The number of guanidine groups is 1. The Hall–Kier alpha value is -3.81. The van der Waals surface area contributed by atoms with Crippen LogP contribution in [0.5, 0.6) is 11.5 Å². The summed E-state index contributed by atoms with van der Waals surface area (Å²) in [6, 6.07) is 13.2. The smallest absolute Gasteiger partial charge is 0.257 e. The molecule has 0 saturated carbocycles. The molecule has 2 heterocycles. The number of hydrogen-bond donors (Lipinski definition) is 2. The van der Waals surface area contributed by atoms with Crippen LogP contribution in [0.15, 0.2) is 47.5 Å². The molecule has 1 aliphatic rings. The minimum atomic E-state index is -0.242. The number of rotatable bonds is 4. The van der Waals surface area contributed by atoms with Gasteiger partial charge in [-0.25, -0.2) is 4.99 Å². The van der Waals surface area contributed by atoms with Crippen LogP contribution in [0.1, 0.15) is 53.6 Å². The highest BCUT2D eigenvalue weighted by molar-refractivity contribution is 6.10. The molecule has 0 radical (unpaired) electrons. The van der Waals surface area contributed by atoms with Gasteiger partial charge in [0, 0.05) is 35.6 Å². The second kappa shape index (κ2) is 9.82. The molecule has 3 aromatic rings. The first-order valence-electron chi connectivity index (χ1n) is 11.7. The van der Waals surface area contributed by atoms with Crippen LogP contribution in [0.4, 0.5) is 5.69 Å². The number of nitrogens with zero attached hydrogens (tertiary/aromatic N) is 3. The number of carbonyl (C=O) groups excluding carboxylic acids is 1. The molecular weight excluding hydrogens is 442 g/mol. The lowest BCUT2D eigenvalue weighted by Crippen LogP contribution is -2.36. The van der Waals surface area contributed by atoms with Crippen LogP contribution in [0.3, 0.4) is 0 Å². The highest BCUT2D eigenvalue weighted by Gasteiger charge is 2.17. The standard InChI is InChI=1S/C27H33N5O3/c1-17-22(18(2)32(6)31-17)16-28-26(29-21-11-12-23-24(15-21)35-14-13-34-23)30-25(33)19-7-9-20(10-8-19)27(3,4)5/h7-12,15H,13-14,16H2,1-6H3,(H2,28,29,30,33). The summed E-state index contributed by atoms with van der Waals surface area (Å²) in [6.45, 7) is 11.8. The quantitative estimate of drug-likeness (QED) is 0.428. The van der Waals surface area contributed by atoms with Crippen LogP contribution in [0.2, 0.25) is 0 Å². The van der Waals surface area contributed by atoms with Crippen molar-refractivity contribution in [2.24, 2.45) is 12.0 Å². The van der Waals surface area contributed by atoms with E-state index in [1.165, 1.54) is 5.56 Å². The summed E-state index contributed by atoms with van der Waals surface area (Å²) in [5, 5.41) is 10.6. The maximum absolute atomic E-state index is 13.1. The zero-order valence-corrected chi connectivity index (χ0v) is 21.2. The van der Waals surface area contributed by atoms with Crippen LogP contribution in [0.25, 0.3) is 0 Å². The van der Waals surface area contributed by atoms with E-state index in [9.17, 15) is 4.79 Å². The summed E-state index contributed by atoms with van der Waals surface area (Å²) in [5.41, 5.74) is 5.45. The molecule has 0 unspecified atom stereocenters. The van der Waals surface area contributed by atoms with Gasteiger partial charge in [0.25, 0.3) is 5.91 Å². The summed E-state index contributed by atoms with van der Waals surface area (Å²) < 4.78 is 13.1. The van der Waals surface area contributed by atoms with Crippen molar-refractivity contribution in [3.05, 3.63) is 70.5 Å². The van der Waals surface area contributed by atoms with E-state index in [0.717, 1.165) is 22.6 Å². The minimum absolute atomic E-state index is 0.0147. The maximum atomic E-state index is 13.1. The van der Waals surface area contributed by atoms with Gasteiger partial charge < -0.3 is 14.8 Å². The third-order valence-electron chi connectivity index (χ3n) is 6.10. The van der Waals surface area contributed by atoms with Gasteiger partial charge in [-0.15, -0.1) is 0 Å². The van der Waals surface area contributed by atoms with Gasteiger partial charge >= 0.3 is 0 Å². The van der Waals surface area contributed by atoms with E-state index in [1.54, 1.807) is 0 Å². The first-order valence-corrected chi connectivity index (χ1v) is 11.7. The molecule has 35 heavy (non-hydrogen) atoms. The minimum Gasteiger partial charge on any atom is -0.486 e. The molecule has 2 N–H and O–H groups in total. The zero-order chi connectivity index (χ0) is 25.2. The van der Waals surface area contributed by atoms with Gasteiger partial charge in [0.1, 0.15) is 13.2 Å². The van der Waals surface area contributed by atoms with Crippen molar-refractivity contribution in [1.82, 2.24) is 15.1 Å². The second-order valence-corrected chi connectivity index (χ2v) is 9.70.